The van der Waals surface area contributed by atoms with E-state index in [0.717, 1.165) is 29.2 Å². The van der Waals surface area contributed by atoms with E-state index in [1.807, 2.05) is 0 Å². The molecule has 0 aliphatic rings. The Labute approximate surface area is 167 Å². The van der Waals surface area contributed by atoms with E-state index in [1.54, 1.807) is 0 Å². The van der Waals surface area contributed by atoms with Crippen molar-refractivity contribution in [1.29, 1.82) is 0 Å². The van der Waals surface area contributed by atoms with E-state index in [-0.39, 0.29) is 40.5 Å². The van der Waals surface area contributed by atoms with Crippen molar-refractivity contribution in [1.82, 2.24) is 9.97 Å². The molecule has 0 bridgehead atoms. The lowest BCUT2D eigenvalue weighted by atomic mass is 10.2. The number of carboxylic acid groups (broad SMARTS) is 1. The van der Waals surface area contributed by atoms with Crippen LogP contribution in [0.15, 0.2) is 36.4 Å². The average Bonchev–Trinajstić information content (AvgIpc) is 2.68. The van der Waals surface area contributed by atoms with Gasteiger partial charge in [-0.15, -0.1) is 0 Å². The van der Waals surface area contributed by atoms with Gasteiger partial charge in [0.05, 0.1) is 16.8 Å². The Balaban J connectivity index is 1.95. The smallest absolute Gasteiger partial charge is 0.416 e. The number of amides is 1. The minimum Gasteiger partial charge on any atom is -0.504 e. The topological polar surface area (TPSA) is 113 Å². The molecule has 0 aliphatic heterocycles. The number of hydrogen-bond acceptors (Lipinski definition) is 6. The number of carbonyl (C=O) groups excluding carboxylic acids is 1. The first-order chi connectivity index (χ1) is 14.1. The van der Waals surface area contributed by atoms with Crippen molar-refractivity contribution < 1.29 is 37.7 Å². The Morgan fingerprint density at radius 3 is 2.40 bits per heavy atom. The minimum atomic E-state index is -4.46. The number of nitrogens with zero attached hydrogens (tertiary/aromatic N) is 3. The van der Waals surface area contributed by atoms with Crippen LogP contribution >= 0.6 is 0 Å². The zero-order valence-electron chi connectivity index (χ0n) is 15.3. The first-order valence-corrected chi connectivity index (χ1v) is 8.39. The van der Waals surface area contributed by atoms with Crippen LogP contribution in [0.2, 0.25) is 0 Å². The predicted molar refractivity (Wildman–Crippen MR) is 98.5 cm³/mol. The van der Waals surface area contributed by atoms with Gasteiger partial charge in [-0.25, -0.2) is 9.97 Å². The highest BCUT2D eigenvalue weighted by Crippen LogP contribution is 2.36. The zero-order chi connectivity index (χ0) is 22.1. The van der Waals surface area contributed by atoms with Crippen LogP contribution in [0.5, 0.6) is 17.4 Å². The highest BCUT2D eigenvalue weighted by Gasteiger charge is 2.30. The summed E-state index contributed by atoms with van der Waals surface area (Å²) in [5.74, 6) is -1.82. The van der Waals surface area contributed by atoms with Crippen molar-refractivity contribution in [3.05, 3.63) is 47.7 Å². The molecule has 11 heteroatoms. The van der Waals surface area contributed by atoms with Gasteiger partial charge < -0.3 is 14.9 Å². The Hall–Kier alpha value is -3.89. The van der Waals surface area contributed by atoms with Crippen molar-refractivity contribution in [2.75, 3.05) is 11.4 Å². The Morgan fingerprint density at radius 2 is 1.83 bits per heavy atom. The van der Waals surface area contributed by atoms with Crippen molar-refractivity contribution >= 4 is 29.1 Å². The fourth-order valence-electron chi connectivity index (χ4n) is 2.69. The number of aliphatic carboxylic acids is 1. The number of rotatable bonds is 6. The summed E-state index contributed by atoms with van der Waals surface area (Å²) in [7, 11) is 0. The van der Waals surface area contributed by atoms with Crippen LogP contribution in [-0.2, 0) is 15.8 Å². The summed E-state index contributed by atoms with van der Waals surface area (Å²) < 4.78 is 43.4. The fraction of sp³-hybridized carbons (Fsp3) is 0.158. The number of carboxylic acids is 1. The molecule has 2 N–H and O–H groups in total. The van der Waals surface area contributed by atoms with Crippen LogP contribution in [0.1, 0.15) is 11.3 Å². The standard InChI is InChI=1S/C19H14F3N3O5/c1-10-16-13(17(29)18(23-10)25(9-26)8-15(27)28)6-7-14(24-16)30-12-4-2-11(3-5-12)19(20,21)22/h2-7,9,29H,8H2,1H3,(H,27,28). The minimum absolute atomic E-state index is 0.0390. The molecule has 0 unspecified atom stereocenters. The van der Waals surface area contributed by atoms with Gasteiger partial charge in [-0.3, -0.25) is 14.5 Å². The van der Waals surface area contributed by atoms with Gasteiger partial charge in [0.15, 0.2) is 11.6 Å². The summed E-state index contributed by atoms with van der Waals surface area (Å²) in [4.78, 5) is 31.1. The molecule has 0 aliphatic carbocycles. The number of benzene rings is 1. The van der Waals surface area contributed by atoms with Crippen molar-refractivity contribution in [3.63, 3.8) is 0 Å². The molecule has 0 saturated carbocycles. The normalized spacial score (nSPS) is 11.3. The molecule has 3 aromatic rings. The van der Waals surface area contributed by atoms with Crippen LogP contribution in [0, 0.1) is 6.92 Å². The maximum absolute atomic E-state index is 12.6. The summed E-state index contributed by atoms with van der Waals surface area (Å²) in [6.45, 7) is 0.835. The molecule has 156 valence electrons. The van der Waals surface area contributed by atoms with E-state index in [4.69, 9.17) is 9.84 Å². The lowest BCUT2D eigenvalue weighted by molar-refractivity contribution is -0.137. The van der Waals surface area contributed by atoms with Gasteiger partial charge in [-0.1, -0.05) is 0 Å². The third-order valence-corrected chi connectivity index (χ3v) is 4.06. The maximum atomic E-state index is 12.6. The van der Waals surface area contributed by atoms with Gasteiger partial charge in [-0.2, -0.15) is 13.2 Å². The molecule has 2 heterocycles. The summed E-state index contributed by atoms with van der Waals surface area (Å²) in [6.07, 6.45) is -4.23. The number of ether oxygens (including phenoxy) is 1. The number of alkyl halides is 3. The van der Waals surface area contributed by atoms with E-state index in [1.165, 1.54) is 19.1 Å². The highest BCUT2D eigenvalue weighted by atomic mass is 19.4. The molecule has 1 amide bonds. The SMILES string of the molecule is Cc1nc(N(C=O)CC(=O)O)c(O)c2ccc(Oc3ccc(C(F)(F)F)cc3)nc12. The Kier molecular flexibility index (Phi) is 5.45. The van der Waals surface area contributed by atoms with Crippen molar-refractivity contribution in [2.45, 2.75) is 13.1 Å². The van der Waals surface area contributed by atoms with Gasteiger partial charge in [0.1, 0.15) is 12.3 Å². The molecule has 2 aromatic heterocycles. The molecular weight excluding hydrogens is 407 g/mol. The number of aromatic nitrogens is 2. The number of aryl methyl sites for hydroxylation is 1. The van der Waals surface area contributed by atoms with Gasteiger partial charge in [0.25, 0.3) is 0 Å². The fourth-order valence-corrected chi connectivity index (χ4v) is 2.69. The molecule has 0 radical (unpaired) electrons. The number of hydrogen-bond donors (Lipinski definition) is 2. The van der Waals surface area contributed by atoms with Crippen molar-refractivity contribution in [2.24, 2.45) is 0 Å². The quantitative estimate of drug-likeness (QED) is 0.586. The van der Waals surface area contributed by atoms with Gasteiger partial charge >= 0.3 is 12.1 Å². The second-order valence-corrected chi connectivity index (χ2v) is 6.17. The maximum Gasteiger partial charge on any atom is 0.416 e. The average molecular weight is 421 g/mol. The number of anilines is 1. The molecule has 0 fully saturated rings. The Morgan fingerprint density at radius 1 is 1.17 bits per heavy atom. The number of halogens is 3. The van der Waals surface area contributed by atoms with Crippen molar-refractivity contribution in [3.8, 4) is 17.4 Å². The molecule has 3 rings (SSSR count). The molecule has 1 aromatic carbocycles. The molecular formula is C19H14F3N3O5. The molecule has 30 heavy (non-hydrogen) atoms. The third kappa shape index (κ3) is 4.24. The lowest BCUT2D eigenvalue weighted by Crippen LogP contribution is -2.29. The molecule has 0 spiro atoms. The first-order valence-electron chi connectivity index (χ1n) is 8.39. The van der Waals surface area contributed by atoms with Crippen LogP contribution in [0.4, 0.5) is 19.0 Å². The van der Waals surface area contributed by atoms with E-state index in [9.17, 15) is 27.9 Å². The zero-order valence-corrected chi connectivity index (χ0v) is 15.3. The largest absolute Gasteiger partial charge is 0.504 e. The second-order valence-electron chi connectivity index (χ2n) is 6.17. The van der Waals surface area contributed by atoms with Crippen LogP contribution < -0.4 is 9.64 Å². The summed E-state index contributed by atoms with van der Waals surface area (Å²) in [5.41, 5.74) is -0.338. The van der Waals surface area contributed by atoms with Gasteiger partial charge in [0, 0.05) is 11.5 Å². The van der Waals surface area contributed by atoms with Gasteiger partial charge in [0.2, 0.25) is 12.3 Å². The molecule has 0 saturated heterocycles. The highest BCUT2D eigenvalue weighted by molar-refractivity contribution is 5.95. The summed E-state index contributed by atoms with van der Waals surface area (Å²) in [6, 6.07) is 6.82. The van der Waals surface area contributed by atoms with E-state index in [0.29, 0.717) is 0 Å². The van der Waals surface area contributed by atoms with E-state index in [2.05, 4.69) is 9.97 Å². The first kappa shape index (κ1) is 20.8. The van der Waals surface area contributed by atoms with E-state index < -0.39 is 30.0 Å². The molecule has 0 atom stereocenters. The summed E-state index contributed by atoms with van der Waals surface area (Å²) >= 11 is 0. The number of aromatic hydroxyl groups is 1. The number of pyridine rings is 2. The Bertz CT molecular complexity index is 1120. The predicted octanol–water partition coefficient (Wildman–Crippen LogP) is 3.50. The number of carbonyl (C=O) groups is 2. The van der Waals surface area contributed by atoms with Crippen LogP contribution in [-0.4, -0.2) is 39.1 Å². The third-order valence-electron chi connectivity index (χ3n) is 4.06. The summed E-state index contributed by atoms with van der Waals surface area (Å²) in [5, 5.41) is 19.5. The van der Waals surface area contributed by atoms with Gasteiger partial charge in [-0.05, 0) is 37.3 Å². The van der Waals surface area contributed by atoms with E-state index >= 15 is 0 Å². The van der Waals surface area contributed by atoms with Crippen LogP contribution in [0.3, 0.4) is 0 Å². The number of fused-ring (bicyclic) bond motifs is 1. The second kappa shape index (κ2) is 7.85. The lowest BCUT2D eigenvalue weighted by Gasteiger charge is -2.17. The van der Waals surface area contributed by atoms with Crippen LogP contribution in [0.25, 0.3) is 10.9 Å². The molecule has 8 nitrogen and oxygen atoms in total. The monoisotopic (exact) mass is 421 g/mol.